The highest BCUT2D eigenvalue weighted by atomic mass is 16.6. The van der Waals surface area contributed by atoms with Crippen molar-refractivity contribution >= 4 is 28.9 Å². The number of rotatable bonds is 5. The largest absolute Gasteiger partial charge is 0.368 e. The van der Waals surface area contributed by atoms with Crippen LogP contribution in [0.15, 0.2) is 67.0 Å². The number of non-ortho nitro benzene ring substituents is 1. The number of benzene rings is 2. The second-order valence-electron chi connectivity index (χ2n) is 6.83. The summed E-state index contributed by atoms with van der Waals surface area (Å²) >= 11 is 0. The minimum absolute atomic E-state index is 0.0643. The standard InChI is InChI=1S/C21H20N6O3/c28-21(16-6-8-18(9-7-16)27(29)30)24-19-14-20(23-15-22-19)26-12-10-25(11-13-26)17-4-2-1-3-5-17/h1-9,14-15H,10-13H2,(H,22,23,24,28). The molecule has 4 rings (SSSR count). The van der Waals surface area contributed by atoms with Crippen molar-refractivity contribution in [1.82, 2.24) is 9.97 Å². The maximum atomic E-state index is 12.4. The zero-order valence-corrected chi connectivity index (χ0v) is 16.1. The van der Waals surface area contributed by atoms with Crippen LogP contribution in [0.25, 0.3) is 0 Å². The highest BCUT2D eigenvalue weighted by Gasteiger charge is 2.19. The van der Waals surface area contributed by atoms with Crippen molar-refractivity contribution in [1.29, 1.82) is 0 Å². The van der Waals surface area contributed by atoms with Gasteiger partial charge in [-0.2, -0.15) is 0 Å². The van der Waals surface area contributed by atoms with Crippen LogP contribution in [0.2, 0.25) is 0 Å². The summed E-state index contributed by atoms with van der Waals surface area (Å²) in [4.78, 5) is 35.6. The molecule has 0 unspecified atom stereocenters. The molecule has 0 radical (unpaired) electrons. The average molecular weight is 404 g/mol. The molecule has 1 aliphatic heterocycles. The first kappa shape index (κ1) is 19.3. The predicted molar refractivity (Wildman–Crippen MR) is 114 cm³/mol. The van der Waals surface area contributed by atoms with Gasteiger partial charge in [0, 0.05) is 55.6 Å². The molecule has 0 atom stereocenters. The van der Waals surface area contributed by atoms with Gasteiger partial charge in [-0.1, -0.05) is 18.2 Å². The predicted octanol–water partition coefficient (Wildman–Crippen LogP) is 2.96. The summed E-state index contributed by atoms with van der Waals surface area (Å²) in [6, 6.07) is 17.4. The van der Waals surface area contributed by atoms with Crippen molar-refractivity contribution in [3.8, 4) is 0 Å². The maximum absolute atomic E-state index is 12.4. The molecule has 1 N–H and O–H groups in total. The fraction of sp³-hybridized carbons (Fsp3) is 0.190. The van der Waals surface area contributed by atoms with E-state index in [0.717, 1.165) is 32.0 Å². The number of nitrogens with one attached hydrogen (secondary N) is 1. The van der Waals surface area contributed by atoms with Crippen LogP contribution in [-0.4, -0.2) is 47.0 Å². The molecule has 1 amide bonds. The van der Waals surface area contributed by atoms with Crippen LogP contribution < -0.4 is 15.1 Å². The lowest BCUT2D eigenvalue weighted by Gasteiger charge is -2.36. The molecular weight excluding hydrogens is 384 g/mol. The number of carbonyl (C=O) groups excluding carboxylic acids is 1. The van der Waals surface area contributed by atoms with Crippen LogP contribution in [0.5, 0.6) is 0 Å². The highest BCUT2D eigenvalue weighted by Crippen LogP contribution is 2.20. The first-order valence-electron chi connectivity index (χ1n) is 9.53. The van der Waals surface area contributed by atoms with E-state index in [2.05, 4.69) is 37.2 Å². The Morgan fingerprint density at radius 1 is 0.933 bits per heavy atom. The van der Waals surface area contributed by atoms with Crippen molar-refractivity contribution < 1.29 is 9.72 Å². The Kier molecular flexibility index (Phi) is 5.51. The number of piperazine rings is 1. The molecule has 0 aliphatic carbocycles. The summed E-state index contributed by atoms with van der Waals surface area (Å²) in [5, 5.41) is 13.5. The minimum atomic E-state index is -0.504. The number of nitrogens with zero attached hydrogens (tertiary/aromatic N) is 5. The number of hydrogen-bond donors (Lipinski definition) is 1. The number of hydrogen-bond acceptors (Lipinski definition) is 7. The Labute approximate surface area is 173 Å². The highest BCUT2D eigenvalue weighted by molar-refractivity contribution is 6.04. The quantitative estimate of drug-likeness (QED) is 0.515. The van der Waals surface area contributed by atoms with E-state index in [1.54, 1.807) is 6.07 Å². The molecule has 9 heteroatoms. The Morgan fingerprint density at radius 3 is 2.27 bits per heavy atom. The molecule has 1 aliphatic rings. The third-order valence-corrected chi connectivity index (χ3v) is 4.96. The molecule has 3 aromatic rings. The van der Waals surface area contributed by atoms with Crippen LogP contribution in [0, 0.1) is 10.1 Å². The van der Waals surface area contributed by atoms with Gasteiger partial charge in [-0.25, -0.2) is 9.97 Å². The van der Waals surface area contributed by atoms with Crippen molar-refractivity contribution in [2.45, 2.75) is 0 Å². The second kappa shape index (κ2) is 8.56. The van der Waals surface area contributed by atoms with Crippen LogP contribution in [-0.2, 0) is 0 Å². The molecular formula is C21H20N6O3. The fourth-order valence-corrected chi connectivity index (χ4v) is 3.34. The summed E-state index contributed by atoms with van der Waals surface area (Å²) in [6.45, 7) is 3.36. The molecule has 30 heavy (non-hydrogen) atoms. The van der Waals surface area contributed by atoms with E-state index in [9.17, 15) is 14.9 Å². The summed E-state index contributed by atoms with van der Waals surface area (Å²) in [5.41, 5.74) is 1.46. The lowest BCUT2D eigenvalue weighted by Crippen LogP contribution is -2.46. The lowest BCUT2D eigenvalue weighted by molar-refractivity contribution is -0.384. The van der Waals surface area contributed by atoms with Crippen molar-refractivity contribution in [3.05, 3.63) is 82.7 Å². The zero-order valence-electron chi connectivity index (χ0n) is 16.1. The third-order valence-electron chi connectivity index (χ3n) is 4.96. The van der Waals surface area contributed by atoms with Gasteiger partial charge in [0.1, 0.15) is 18.0 Å². The van der Waals surface area contributed by atoms with E-state index >= 15 is 0 Å². The molecule has 1 saturated heterocycles. The van der Waals surface area contributed by atoms with Gasteiger partial charge in [0.25, 0.3) is 11.6 Å². The molecule has 2 heterocycles. The van der Waals surface area contributed by atoms with Gasteiger partial charge < -0.3 is 15.1 Å². The summed E-state index contributed by atoms with van der Waals surface area (Å²) < 4.78 is 0. The van der Waals surface area contributed by atoms with Gasteiger partial charge in [0.15, 0.2) is 0 Å². The van der Waals surface area contributed by atoms with E-state index in [1.807, 2.05) is 18.2 Å². The number of carbonyl (C=O) groups is 1. The topological polar surface area (TPSA) is 104 Å². The number of amides is 1. The number of nitro groups is 1. The van der Waals surface area contributed by atoms with Crippen LogP contribution in [0.1, 0.15) is 10.4 Å². The van der Waals surface area contributed by atoms with E-state index in [1.165, 1.54) is 36.3 Å². The zero-order chi connectivity index (χ0) is 20.9. The lowest BCUT2D eigenvalue weighted by atomic mass is 10.2. The molecule has 152 valence electrons. The number of aromatic nitrogens is 2. The molecule has 9 nitrogen and oxygen atoms in total. The molecule has 0 bridgehead atoms. The van der Waals surface area contributed by atoms with Crippen LogP contribution in [0.3, 0.4) is 0 Å². The van der Waals surface area contributed by atoms with Crippen molar-refractivity contribution in [3.63, 3.8) is 0 Å². The maximum Gasteiger partial charge on any atom is 0.269 e. The van der Waals surface area contributed by atoms with Gasteiger partial charge in [-0.15, -0.1) is 0 Å². The minimum Gasteiger partial charge on any atom is -0.368 e. The van der Waals surface area contributed by atoms with Gasteiger partial charge in [-0.3, -0.25) is 14.9 Å². The van der Waals surface area contributed by atoms with Gasteiger partial charge in [-0.05, 0) is 24.3 Å². The molecule has 0 spiro atoms. The van der Waals surface area contributed by atoms with Crippen LogP contribution in [0.4, 0.5) is 23.0 Å². The van der Waals surface area contributed by atoms with E-state index < -0.39 is 4.92 Å². The SMILES string of the molecule is O=C(Nc1cc(N2CCN(c3ccccc3)CC2)ncn1)c1ccc([N+](=O)[O-])cc1. The normalized spacial score (nSPS) is 13.7. The summed E-state index contributed by atoms with van der Waals surface area (Å²) in [6.07, 6.45) is 1.42. The first-order valence-corrected chi connectivity index (χ1v) is 9.53. The second-order valence-corrected chi connectivity index (χ2v) is 6.83. The van der Waals surface area contributed by atoms with E-state index in [0.29, 0.717) is 11.4 Å². The molecule has 2 aromatic carbocycles. The molecule has 1 aromatic heterocycles. The third kappa shape index (κ3) is 4.35. The fourth-order valence-electron chi connectivity index (χ4n) is 3.34. The number of nitro benzene ring substituents is 1. The van der Waals surface area contributed by atoms with E-state index in [4.69, 9.17) is 0 Å². The van der Waals surface area contributed by atoms with E-state index in [-0.39, 0.29) is 11.6 Å². The first-order chi connectivity index (χ1) is 14.6. The Balaban J connectivity index is 1.39. The average Bonchev–Trinajstić information content (AvgIpc) is 2.80. The summed E-state index contributed by atoms with van der Waals surface area (Å²) in [7, 11) is 0. The molecule has 0 saturated carbocycles. The monoisotopic (exact) mass is 404 g/mol. The smallest absolute Gasteiger partial charge is 0.269 e. The Hall–Kier alpha value is -4.01. The van der Waals surface area contributed by atoms with Crippen LogP contribution >= 0.6 is 0 Å². The number of anilines is 3. The Morgan fingerprint density at radius 2 is 1.60 bits per heavy atom. The summed E-state index contributed by atoms with van der Waals surface area (Å²) in [5.74, 6) is 0.744. The molecule has 1 fully saturated rings. The van der Waals surface area contributed by atoms with Gasteiger partial charge in [0.05, 0.1) is 4.92 Å². The van der Waals surface area contributed by atoms with Crippen molar-refractivity contribution in [2.75, 3.05) is 41.3 Å². The van der Waals surface area contributed by atoms with Crippen molar-refractivity contribution in [2.24, 2.45) is 0 Å². The van der Waals surface area contributed by atoms with Gasteiger partial charge in [0.2, 0.25) is 0 Å². The Bertz CT molecular complexity index is 1030. The van der Waals surface area contributed by atoms with Gasteiger partial charge >= 0.3 is 0 Å². The number of para-hydroxylation sites is 1.